The first-order chi connectivity index (χ1) is 3.81. The average molecular weight is 150 g/mol. The standard InChI is InChI=1S/C4H10O2SSi/c1-6-4(5)2-7-3-8/h2-3H2,1,8H3. The van der Waals surface area contributed by atoms with E-state index in [0.717, 1.165) is 15.6 Å². The molecule has 0 saturated heterocycles. The smallest absolute Gasteiger partial charge is 0.315 e. The Hall–Kier alpha value is 0.0369. The number of esters is 1. The van der Waals surface area contributed by atoms with E-state index in [4.69, 9.17) is 0 Å². The lowest BCUT2D eigenvalue weighted by molar-refractivity contribution is -0.137. The van der Waals surface area contributed by atoms with Gasteiger partial charge in [0.05, 0.1) is 12.9 Å². The first kappa shape index (κ1) is 8.04. The summed E-state index contributed by atoms with van der Waals surface area (Å²) in [4.78, 5) is 10.3. The third-order valence-corrected chi connectivity index (χ3v) is 2.72. The Labute approximate surface area is 56.4 Å². The SMILES string of the molecule is COC(=O)CSC[SiH3]. The van der Waals surface area contributed by atoms with Crippen LogP contribution < -0.4 is 0 Å². The highest BCUT2D eigenvalue weighted by Gasteiger charge is 1.95. The number of ether oxygens (including phenoxy) is 1. The monoisotopic (exact) mass is 150 g/mol. The molecule has 0 aromatic rings. The lowest BCUT2D eigenvalue weighted by Gasteiger charge is -1.93. The molecule has 0 bridgehead atoms. The zero-order valence-corrected chi connectivity index (χ0v) is 7.96. The first-order valence-electron chi connectivity index (χ1n) is 2.45. The third kappa shape index (κ3) is 4.20. The fourth-order valence-corrected chi connectivity index (χ4v) is 1.35. The topological polar surface area (TPSA) is 26.3 Å². The minimum absolute atomic E-state index is 0.120. The van der Waals surface area contributed by atoms with E-state index in [1.165, 1.54) is 7.11 Å². The van der Waals surface area contributed by atoms with Crippen LogP contribution in [0.1, 0.15) is 0 Å². The molecule has 0 heterocycles. The molecule has 0 aliphatic heterocycles. The summed E-state index contributed by atoms with van der Waals surface area (Å²) >= 11 is 1.63. The van der Waals surface area contributed by atoms with Gasteiger partial charge in [-0.15, -0.1) is 0 Å². The average Bonchev–Trinajstić information content (AvgIpc) is 1.83. The minimum Gasteiger partial charge on any atom is -0.468 e. The normalized spacial score (nSPS) is 9.12. The van der Waals surface area contributed by atoms with Crippen molar-refractivity contribution in [3.05, 3.63) is 0 Å². The highest BCUT2D eigenvalue weighted by molar-refractivity contribution is 8.00. The van der Waals surface area contributed by atoms with Crippen molar-refractivity contribution >= 4 is 28.0 Å². The van der Waals surface area contributed by atoms with Gasteiger partial charge in [0.15, 0.2) is 0 Å². The molecule has 0 saturated carbocycles. The molecule has 0 N–H and O–H groups in total. The molecule has 0 aromatic heterocycles. The number of thioether (sulfide) groups is 1. The predicted molar refractivity (Wildman–Crippen MR) is 39.3 cm³/mol. The van der Waals surface area contributed by atoms with E-state index in [-0.39, 0.29) is 5.97 Å². The Morgan fingerprint density at radius 1 is 1.88 bits per heavy atom. The predicted octanol–water partition coefficient (Wildman–Crippen LogP) is -0.785. The fourth-order valence-electron chi connectivity index (χ4n) is 0.244. The molecular weight excluding hydrogens is 140 g/mol. The largest absolute Gasteiger partial charge is 0.468 e. The second-order valence-corrected chi connectivity index (χ2v) is 4.22. The van der Waals surface area contributed by atoms with Crippen LogP contribution in [0.2, 0.25) is 0 Å². The van der Waals surface area contributed by atoms with Crippen molar-refractivity contribution in [3.8, 4) is 0 Å². The Balaban J connectivity index is 2.99. The maximum absolute atomic E-state index is 10.3. The van der Waals surface area contributed by atoms with E-state index in [2.05, 4.69) is 4.74 Å². The first-order valence-corrected chi connectivity index (χ1v) is 5.02. The summed E-state index contributed by atoms with van der Waals surface area (Å²) in [5.41, 5.74) is 0. The zero-order valence-electron chi connectivity index (χ0n) is 5.14. The van der Waals surface area contributed by atoms with E-state index in [1.54, 1.807) is 11.8 Å². The molecule has 0 fully saturated rings. The molecule has 8 heavy (non-hydrogen) atoms. The molecule has 0 rings (SSSR count). The number of carbonyl (C=O) groups excluding carboxylic acids is 1. The van der Waals surface area contributed by atoms with E-state index in [9.17, 15) is 4.79 Å². The van der Waals surface area contributed by atoms with E-state index in [1.807, 2.05) is 0 Å². The van der Waals surface area contributed by atoms with Gasteiger partial charge in [-0.05, 0) is 5.38 Å². The van der Waals surface area contributed by atoms with Gasteiger partial charge in [0.1, 0.15) is 0 Å². The summed E-state index contributed by atoms with van der Waals surface area (Å²) in [6, 6.07) is 0. The molecule has 0 radical (unpaired) electrons. The van der Waals surface area contributed by atoms with Crippen molar-refractivity contribution < 1.29 is 9.53 Å². The molecule has 0 atom stereocenters. The van der Waals surface area contributed by atoms with Crippen LogP contribution in [-0.2, 0) is 9.53 Å². The van der Waals surface area contributed by atoms with Crippen molar-refractivity contribution in [2.45, 2.75) is 0 Å². The molecule has 2 nitrogen and oxygen atoms in total. The van der Waals surface area contributed by atoms with Gasteiger partial charge in [-0.2, -0.15) is 11.8 Å². The van der Waals surface area contributed by atoms with Crippen LogP contribution in [0, 0.1) is 0 Å². The summed E-state index contributed by atoms with van der Waals surface area (Å²) in [5, 5.41) is 1.11. The van der Waals surface area contributed by atoms with E-state index < -0.39 is 0 Å². The highest BCUT2D eigenvalue weighted by Crippen LogP contribution is 1.95. The van der Waals surface area contributed by atoms with E-state index in [0.29, 0.717) is 5.75 Å². The number of methoxy groups -OCH3 is 1. The van der Waals surface area contributed by atoms with Gasteiger partial charge in [-0.3, -0.25) is 4.79 Å². The van der Waals surface area contributed by atoms with Gasteiger partial charge in [-0.1, -0.05) is 0 Å². The van der Waals surface area contributed by atoms with Gasteiger partial charge < -0.3 is 4.74 Å². The summed E-state index contributed by atoms with van der Waals surface area (Å²) in [5.74, 6) is 0.394. The second-order valence-electron chi connectivity index (χ2n) is 1.21. The molecule has 48 valence electrons. The Kier molecular flexibility index (Phi) is 5.20. The minimum atomic E-state index is -0.120. The number of carbonyl (C=O) groups is 1. The van der Waals surface area contributed by atoms with Crippen LogP contribution in [0.5, 0.6) is 0 Å². The molecule has 0 unspecified atom stereocenters. The van der Waals surface area contributed by atoms with Gasteiger partial charge >= 0.3 is 5.97 Å². The van der Waals surface area contributed by atoms with Crippen molar-refractivity contribution in [1.29, 1.82) is 0 Å². The van der Waals surface area contributed by atoms with Crippen LogP contribution in [0.4, 0.5) is 0 Å². The molecule has 0 spiro atoms. The molecule has 0 amide bonds. The maximum Gasteiger partial charge on any atom is 0.315 e. The summed E-state index contributed by atoms with van der Waals surface area (Å²) in [6.07, 6.45) is 0. The van der Waals surface area contributed by atoms with Crippen molar-refractivity contribution in [1.82, 2.24) is 0 Å². The zero-order chi connectivity index (χ0) is 6.41. The molecule has 4 heteroatoms. The lowest BCUT2D eigenvalue weighted by atomic mass is 10.8. The number of rotatable bonds is 3. The van der Waals surface area contributed by atoms with E-state index >= 15 is 0 Å². The third-order valence-electron chi connectivity index (χ3n) is 0.652. The fraction of sp³-hybridized carbons (Fsp3) is 0.750. The van der Waals surface area contributed by atoms with Gasteiger partial charge in [0.25, 0.3) is 0 Å². The molecule has 0 aromatic carbocycles. The van der Waals surface area contributed by atoms with Gasteiger partial charge in [0.2, 0.25) is 0 Å². The van der Waals surface area contributed by atoms with Crippen LogP contribution in [0.15, 0.2) is 0 Å². The number of hydrogen-bond acceptors (Lipinski definition) is 3. The number of hydrogen-bond donors (Lipinski definition) is 0. The highest BCUT2D eigenvalue weighted by atomic mass is 32.2. The summed E-state index contributed by atoms with van der Waals surface area (Å²) < 4.78 is 4.41. The Bertz CT molecular complexity index is 76.4. The second kappa shape index (κ2) is 5.18. The van der Waals surface area contributed by atoms with Crippen molar-refractivity contribution in [2.24, 2.45) is 0 Å². The lowest BCUT2D eigenvalue weighted by Crippen LogP contribution is -2.03. The molecule has 0 aliphatic carbocycles. The summed E-state index contributed by atoms with van der Waals surface area (Å²) in [6.45, 7) is 0. The van der Waals surface area contributed by atoms with Crippen LogP contribution in [0.25, 0.3) is 0 Å². The molecular formula is C4H10O2SSi. The van der Waals surface area contributed by atoms with Crippen molar-refractivity contribution in [2.75, 3.05) is 18.2 Å². The van der Waals surface area contributed by atoms with Gasteiger partial charge in [0, 0.05) is 10.2 Å². The van der Waals surface area contributed by atoms with Crippen LogP contribution in [-0.4, -0.2) is 34.5 Å². The van der Waals surface area contributed by atoms with Gasteiger partial charge in [-0.25, -0.2) is 0 Å². The summed E-state index contributed by atoms with van der Waals surface area (Å²) in [7, 11) is 2.56. The van der Waals surface area contributed by atoms with Crippen molar-refractivity contribution in [3.63, 3.8) is 0 Å². The van der Waals surface area contributed by atoms with Crippen LogP contribution in [0.3, 0.4) is 0 Å². The Morgan fingerprint density at radius 3 is 2.88 bits per heavy atom. The Morgan fingerprint density at radius 2 is 2.50 bits per heavy atom. The molecule has 0 aliphatic rings. The maximum atomic E-state index is 10.3. The quantitative estimate of drug-likeness (QED) is 0.390. The van der Waals surface area contributed by atoms with Crippen LogP contribution >= 0.6 is 11.8 Å².